The standard InChI is InChI=1S/C15H21NO2/c1-4-8-13-15(17)16(3)11(2)14(18-13)12-9-6-5-7-10-12/h5-7,9-11,13-14H,4,8H2,1-3H3/t11-,13-,14-/m0/s1. The summed E-state index contributed by atoms with van der Waals surface area (Å²) in [5.41, 5.74) is 1.14. The van der Waals surface area contributed by atoms with E-state index < -0.39 is 0 Å². The molecule has 18 heavy (non-hydrogen) atoms. The Balaban J connectivity index is 2.22. The number of rotatable bonds is 3. The van der Waals surface area contributed by atoms with Crippen molar-refractivity contribution in [2.75, 3.05) is 7.05 Å². The fourth-order valence-corrected chi connectivity index (χ4v) is 2.43. The van der Waals surface area contributed by atoms with E-state index >= 15 is 0 Å². The van der Waals surface area contributed by atoms with E-state index in [4.69, 9.17) is 4.74 Å². The summed E-state index contributed by atoms with van der Waals surface area (Å²) < 4.78 is 6.02. The molecule has 0 unspecified atom stereocenters. The average molecular weight is 247 g/mol. The van der Waals surface area contributed by atoms with E-state index in [-0.39, 0.29) is 24.2 Å². The predicted molar refractivity (Wildman–Crippen MR) is 71.2 cm³/mol. The molecule has 0 aromatic heterocycles. The van der Waals surface area contributed by atoms with Crippen LogP contribution in [0.2, 0.25) is 0 Å². The molecule has 1 heterocycles. The normalized spacial score (nSPS) is 28.5. The van der Waals surface area contributed by atoms with Gasteiger partial charge in [0.25, 0.3) is 5.91 Å². The third-order valence-corrected chi connectivity index (χ3v) is 3.66. The second-order valence-electron chi connectivity index (χ2n) is 4.93. The van der Waals surface area contributed by atoms with E-state index in [2.05, 4.69) is 19.1 Å². The smallest absolute Gasteiger partial charge is 0.251 e. The monoisotopic (exact) mass is 247 g/mol. The van der Waals surface area contributed by atoms with Crippen molar-refractivity contribution in [2.45, 2.75) is 44.9 Å². The molecule has 3 heteroatoms. The number of morpholine rings is 1. The molecule has 2 rings (SSSR count). The molecule has 0 radical (unpaired) electrons. The summed E-state index contributed by atoms with van der Waals surface area (Å²) in [6.07, 6.45) is 1.44. The van der Waals surface area contributed by atoms with Crippen molar-refractivity contribution in [1.82, 2.24) is 4.90 Å². The molecule has 1 aromatic rings. The Hall–Kier alpha value is -1.35. The molecule has 0 saturated carbocycles. The van der Waals surface area contributed by atoms with Gasteiger partial charge >= 0.3 is 0 Å². The lowest BCUT2D eigenvalue weighted by Crippen LogP contribution is -2.51. The van der Waals surface area contributed by atoms with E-state index in [1.807, 2.05) is 37.1 Å². The maximum absolute atomic E-state index is 12.1. The van der Waals surface area contributed by atoms with E-state index in [1.54, 1.807) is 0 Å². The minimum absolute atomic E-state index is 0.0227. The number of hydrogen-bond acceptors (Lipinski definition) is 2. The topological polar surface area (TPSA) is 29.5 Å². The lowest BCUT2D eigenvalue weighted by molar-refractivity contribution is -0.169. The Labute approximate surface area is 109 Å². The molecule has 0 aliphatic carbocycles. The van der Waals surface area contributed by atoms with Crippen LogP contribution < -0.4 is 0 Å². The van der Waals surface area contributed by atoms with Gasteiger partial charge in [0.05, 0.1) is 6.04 Å². The highest BCUT2D eigenvalue weighted by Crippen LogP contribution is 2.31. The first-order chi connectivity index (χ1) is 8.65. The van der Waals surface area contributed by atoms with Crippen molar-refractivity contribution >= 4 is 5.91 Å². The molecule has 1 amide bonds. The molecule has 98 valence electrons. The second kappa shape index (κ2) is 5.53. The first-order valence-electron chi connectivity index (χ1n) is 6.62. The van der Waals surface area contributed by atoms with Crippen LogP contribution in [0.3, 0.4) is 0 Å². The van der Waals surface area contributed by atoms with Gasteiger partial charge in [-0.25, -0.2) is 0 Å². The number of carbonyl (C=O) groups is 1. The molecule has 0 N–H and O–H groups in total. The zero-order chi connectivity index (χ0) is 13.1. The maximum atomic E-state index is 12.1. The van der Waals surface area contributed by atoms with Crippen molar-refractivity contribution < 1.29 is 9.53 Å². The van der Waals surface area contributed by atoms with Crippen molar-refractivity contribution in [3.63, 3.8) is 0 Å². The van der Waals surface area contributed by atoms with Crippen LogP contribution in [0.25, 0.3) is 0 Å². The number of likely N-dealkylation sites (N-methyl/N-ethyl adjacent to an activating group) is 1. The van der Waals surface area contributed by atoms with Crippen LogP contribution in [0, 0.1) is 0 Å². The lowest BCUT2D eigenvalue weighted by Gasteiger charge is -2.41. The third kappa shape index (κ3) is 2.41. The quantitative estimate of drug-likeness (QED) is 0.822. The third-order valence-electron chi connectivity index (χ3n) is 3.66. The summed E-state index contributed by atoms with van der Waals surface area (Å²) >= 11 is 0. The molecule has 3 atom stereocenters. The molecule has 1 aliphatic rings. The number of hydrogen-bond donors (Lipinski definition) is 0. The SMILES string of the molecule is CCC[C@@H]1O[C@H](c2ccccc2)[C@H](C)N(C)C1=O. The summed E-state index contributed by atoms with van der Waals surface area (Å²) in [5.74, 6) is 0.108. The highest BCUT2D eigenvalue weighted by atomic mass is 16.5. The Morgan fingerprint density at radius 1 is 1.28 bits per heavy atom. The summed E-state index contributed by atoms with van der Waals surface area (Å²) in [6.45, 7) is 4.12. The van der Waals surface area contributed by atoms with Gasteiger partial charge < -0.3 is 9.64 Å². The Morgan fingerprint density at radius 3 is 2.56 bits per heavy atom. The summed E-state index contributed by atoms with van der Waals surface area (Å²) in [5, 5.41) is 0. The van der Waals surface area contributed by atoms with Gasteiger partial charge in [-0.2, -0.15) is 0 Å². The van der Waals surface area contributed by atoms with Gasteiger partial charge in [-0.3, -0.25) is 4.79 Å². The van der Waals surface area contributed by atoms with E-state index in [0.29, 0.717) is 0 Å². The minimum atomic E-state index is -0.290. The van der Waals surface area contributed by atoms with Gasteiger partial charge in [-0.05, 0) is 18.9 Å². The average Bonchev–Trinajstić information content (AvgIpc) is 2.40. The number of benzene rings is 1. The largest absolute Gasteiger partial charge is 0.358 e. The molecule has 0 bridgehead atoms. The summed E-state index contributed by atoms with van der Waals surface area (Å²) in [4.78, 5) is 13.9. The molecular weight excluding hydrogens is 226 g/mol. The van der Waals surface area contributed by atoms with Crippen molar-refractivity contribution in [3.05, 3.63) is 35.9 Å². The van der Waals surface area contributed by atoms with Gasteiger partial charge in [0.2, 0.25) is 0 Å². The van der Waals surface area contributed by atoms with E-state index in [9.17, 15) is 4.79 Å². The minimum Gasteiger partial charge on any atom is -0.358 e. The van der Waals surface area contributed by atoms with E-state index in [1.165, 1.54) is 0 Å². The zero-order valence-corrected chi connectivity index (χ0v) is 11.3. The van der Waals surface area contributed by atoms with Crippen LogP contribution in [-0.4, -0.2) is 30.0 Å². The fourth-order valence-electron chi connectivity index (χ4n) is 2.43. The fraction of sp³-hybridized carbons (Fsp3) is 0.533. The highest BCUT2D eigenvalue weighted by Gasteiger charge is 2.38. The van der Waals surface area contributed by atoms with Gasteiger partial charge in [0.1, 0.15) is 12.2 Å². The maximum Gasteiger partial charge on any atom is 0.251 e. The molecule has 1 aliphatic heterocycles. The number of nitrogens with zero attached hydrogens (tertiary/aromatic N) is 1. The molecule has 1 fully saturated rings. The highest BCUT2D eigenvalue weighted by molar-refractivity contribution is 5.81. The first kappa shape index (κ1) is 13.1. The second-order valence-corrected chi connectivity index (χ2v) is 4.93. The lowest BCUT2D eigenvalue weighted by atomic mass is 9.98. The van der Waals surface area contributed by atoms with Crippen molar-refractivity contribution in [2.24, 2.45) is 0 Å². The van der Waals surface area contributed by atoms with Crippen molar-refractivity contribution in [3.8, 4) is 0 Å². The predicted octanol–water partition coefficient (Wildman–Crippen LogP) is 2.77. The van der Waals surface area contributed by atoms with Crippen LogP contribution >= 0.6 is 0 Å². The Morgan fingerprint density at radius 2 is 1.94 bits per heavy atom. The zero-order valence-electron chi connectivity index (χ0n) is 11.3. The van der Waals surface area contributed by atoms with Gasteiger partial charge in [-0.1, -0.05) is 43.7 Å². The number of carbonyl (C=O) groups excluding carboxylic acids is 1. The van der Waals surface area contributed by atoms with E-state index in [0.717, 1.165) is 18.4 Å². The van der Waals surface area contributed by atoms with Crippen molar-refractivity contribution in [1.29, 1.82) is 0 Å². The molecule has 3 nitrogen and oxygen atoms in total. The summed E-state index contributed by atoms with van der Waals surface area (Å²) in [7, 11) is 1.87. The van der Waals surface area contributed by atoms with Crippen LogP contribution in [-0.2, 0) is 9.53 Å². The molecule has 1 saturated heterocycles. The summed E-state index contributed by atoms with van der Waals surface area (Å²) in [6, 6.07) is 10.2. The van der Waals surface area contributed by atoms with Crippen LogP contribution in [0.15, 0.2) is 30.3 Å². The van der Waals surface area contributed by atoms with Crippen LogP contribution in [0.4, 0.5) is 0 Å². The Bertz CT molecular complexity index is 404. The number of ether oxygens (including phenoxy) is 1. The van der Waals surface area contributed by atoms with Gasteiger partial charge in [0, 0.05) is 7.05 Å². The van der Waals surface area contributed by atoms with Gasteiger partial charge in [-0.15, -0.1) is 0 Å². The van der Waals surface area contributed by atoms with Crippen LogP contribution in [0.5, 0.6) is 0 Å². The molecule has 1 aromatic carbocycles. The van der Waals surface area contributed by atoms with Gasteiger partial charge in [0.15, 0.2) is 0 Å². The molecular formula is C15H21NO2. The molecule has 0 spiro atoms. The first-order valence-corrected chi connectivity index (χ1v) is 6.62. The van der Waals surface area contributed by atoms with Crippen LogP contribution in [0.1, 0.15) is 38.4 Å². The number of amides is 1. The Kier molecular flexibility index (Phi) is 4.02.